The molecule has 0 fully saturated rings. The van der Waals surface area contributed by atoms with Gasteiger partial charge in [-0.15, -0.1) is 0 Å². The molecule has 0 bridgehead atoms. The van der Waals surface area contributed by atoms with E-state index in [1.165, 1.54) is 12.5 Å². The minimum absolute atomic E-state index is 0.0775. The maximum Gasteiger partial charge on any atom is 0.326 e. The molecule has 2 aromatic rings. The first-order chi connectivity index (χ1) is 18.0. The van der Waals surface area contributed by atoms with Gasteiger partial charge in [0.2, 0.25) is 23.6 Å². The largest absolute Gasteiger partial charge is 0.480 e. The van der Waals surface area contributed by atoms with Crippen molar-refractivity contribution in [2.45, 2.75) is 63.7 Å². The molecule has 9 N–H and O–H groups in total. The second-order valence-corrected chi connectivity index (χ2v) is 9.07. The topological polar surface area (TPSA) is 222 Å². The zero-order valence-corrected chi connectivity index (χ0v) is 21.3. The summed E-state index contributed by atoms with van der Waals surface area (Å²) in [5.74, 6) is -4.60. The van der Waals surface area contributed by atoms with Crippen LogP contribution < -0.4 is 27.4 Å². The Morgan fingerprint density at radius 3 is 2.11 bits per heavy atom. The predicted molar refractivity (Wildman–Crippen MR) is 137 cm³/mol. The molecule has 38 heavy (non-hydrogen) atoms. The first-order valence-electron chi connectivity index (χ1n) is 12.2. The van der Waals surface area contributed by atoms with Crippen LogP contribution in [0, 0.1) is 5.92 Å². The fraction of sp³-hybridized carbons (Fsp3) is 0.440. The van der Waals surface area contributed by atoms with Crippen LogP contribution in [0.3, 0.4) is 0 Å². The SMILES string of the molecule is CCC(C)C(N)C(=O)NC(Cc1ccccc1)C(=O)NC(CC(N)=O)C(=O)NC(Cc1cnc[nH]1)C(=O)O. The van der Waals surface area contributed by atoms with Crippen LogP contribution in [-0.2, 0) is 36.8 Å². The van der Waals surface area contributed by atoms with E-state index in [1.807, 2.05) is 13.8 Å². The second-order valence-electron chi connectivity index (χ2n) is 9.07. The summed E-state index contributed by atoms with van der Waals surface area (Å²) in [4.78, 5) is 69.0. The van der Waals surface area contributed by atoms with E-state index < -0.39 is 60.2 Å². The number of aromatic nitrogens is 2. The van der Waals surface area contributed by atoms with Crippen LogP contribution in [0.1, 0.15) is 37.9 Å². The molecule has 5 unspecified atom stereocenters. The molecule has 2 rings (SSSR count). The average Bonchev–Trinajstić information content (AvgIpc) is 3.39. The van der Waals surface area contributed by atoms with Gasteiger partial charge in [-0.25, -0.2) is 9.78 Å². The summed E-state index contributed by atoms with van der Waals surface area (Å²) >= 11 is 0. The van der Waals surface area contributed by atoms with Crippen molar-refractivity contribution in [1.29, 1.82) is 0 Å². The van der Waals surface area contributed by atoms with Gasteiger partial charge in [0.05, 0.1) is 18.8 Å². The molecule has 13 heteroatoms. The van der Waals surface area contributed by atoms with Crippen molar-refractivity contribution >= 4 is 29.6 Å². The molecule has 0 aliphatic carbocycles. The number of carboxylic acid groups (broad SMARTS) is 1. The Bertz CT molecular complexity index is 1090. The highest BCUT2D eigenvalue weighted by atomic mass is 16.4. The first-order valence-corrected chi connectivity index (χ1v) is 12.2. The van der Waals surface area contributed by atoms with Crippen molar-refractivity contribution in [2.75, 3.05) is 0 Å². The molecule has 1 aromatic heterocycles. The van der Waals surface area contributed by atoms with Crippen LogP contribution in [0.15, 0.2) is 42.9 Å². The van der Waals surface area contributed by atoms with Gasteiger partial charge in [0, 0.05) is 24.7 Å². The smallest absolute Gasteiger partial charge is 0.326 e. The first kappa shape index (κ1) is 30.0. The molecular weight excluding hydrogens is 494 g/mol. The van der Waals surface area contributed by atoms with Gasteiger partial charge in [-0.2, -0.15) is 0 Å². The summed E-state index contributed by atoms with van der Waals surface area (Å²) in [7, 11) is 0. The van der Waals surface area contributed by atoms with Crippen molar-refractivity contribution in [3.63, 3.8) is 0 Å². The van der Waals surface area contributed by atoms with Crippen LogP contribution in [0.25, 0.3) is 0 Å². The third-order valence-corrected chi connectivity index (χ3v) is 6.11. The molecular formula is C25H35N7O6. The quantitative estimate of drug-likeness (QED) is 0.151. The number of imidazole rings is 1. The van der Waals surface area contributed by atoms with Gasteiger partial charge in [0.1, 0.15) is 18.1 Å². The average molecular weight is 530 g/mol. The third-order valence-electron chi connectivity index (χ3n) is 6.11. The van der Waals surface area contributed by atoms with Crippen molar-refractivity contribution < 1.29 is 29.1 Å². The number of hydrogen-bond acceptors (Lipinski definition) is 7. The van der Waals surface area contributed by atoms with E-state index in [4.69, 9.17) is 11.5 Å². The number of amides is 4. The number of aliphatic carboxylic acids is 1. The number of nitrogens with one attached hydrogen (secondary N) is 4. The molecule has 5 atom stereocenters. The number of primary amides is 1. The van der Waals surface area contributed by atoms with Crippen LogP contribution in [-0.4, -0.2) is 68.8 Å². The normalized spacial score (nSPS) is 14.8. The van der Waals surface area contributed by atoms with E-state index in [1.54, 1.807) is 30.3 Å². The molecule has 0 aliphatic rings. The summed E-state index contributed by atoms with van der Waals surface area (Å²) in [6, 6.07) is 4.01. The number of carbonyl (C=O) groups excluding carboxylic acids is 4. The van der Waals surface area contributed by atoms with Gasteiger partial charge in [0.25, 0.3) is 0 Å². The Morgan fingerprint density at radius 1 is 0.947 bits per heavy atom. The maximum atomic E-state index is 13.3. The van der Waals surface area contributed by atoms with Crippen LogP contribution >= 0.6 is 0 Å². The fourth-order valence-corrected chi connectivity index (χ4v) is 3.61. The van der Waals surface area contributed by atoms with Crippen molar-refractivity contribution in [3.05, 3.63) is 54.1 Å². The molecule has 4 amide bonds. The van der Waals surface area contributed by atoms with Gasteiger partial charge >= 0.3 is 5.97 Å². The number of nitrogens with zero attached hydrogens (tertiary/aromatic N) is 1. The van der Waals surface area contributed by atoms with E-state index in [0.717, 1.165) is 5.56 Å². The molecule has 0 saturated heterocycles. The minimum atomic E-state index is -1.48. The van der Waals surface area contributed by atoms with E-state index in [-0.39, 0.29) is 18.8 Å². The highest BCUT2D eigenvalue weighted by molar-refractivity contribution is 5.96. The number of nitrogens with two attached hydrogens (primary N) is 2. The minimum Gasteiger partial charge on any atom is -0.480 e. The number of benzene rings is 1. The lowest BCUT2D eigenvalue weighted by Crippen LogP contribution is -2.58. The number of carboxylic acids is 1. The highest BCUT2D eigenvalue weighted by Gasteiger charge is 2.32. The lowest BCUT2D eigenvalue weighted by atomic mass is 9.98. The number of H-pyrrole nitrogens is 1. The molecule has 13 nitrogen and oxygen atoms in total. The van der Waals surface area contributed by atoms with E-state index in [9.17, 15) is 29.1 Å². The predicted octanol–water partition coefficient (Wildman–Crippen LogP) is -1.02. The molecule has 0 spiro atoms. The zero-order chi connectivity index (χ0) is 28.2. The van der Waals surface area contributed by atoms with E-state index in [2.05, 4.69) is 25.9 Å². The van der Waals surface area contributed by atoms with Crippen molar-refractivity contribution in [1.82, 2.24) is 25.9 Å². The Kier molecular flexibility index (Phi) is 11.4. The number of hydrogen-bond donors (Lipinski definition) is 7. The number of carbonyl (C=O) groups is 5. The monoisotopic (exact) mass is 529 g/mol. The van der Waals surface area contributed by atoms with Crippen LogP contribution in [0.5, 0.6) is 0 Å². The van der Waals surface area contributed by atoms with Crippen molar-refractivity contribution in [3.8, 4) is 0 Å². The molecule has 0 radical (unpaired) electrons. The molecule has 0 aliphatic heterocycles. The fourth-order valence-electron chi connectivity index (χ4n) is 3.61. The van der Waals surface area contributed by atoms with E-state index in [0.29, 0.717) is 12.1 Å². The molecule has 1 aromatic carbocycles. The lowest BCUT2D eigenvalue weighted by Gasteiger charge is -2.26. The summed E-state index contributed by atoms with van der Waals surface area (Å²) in [6.07, 6.45) is 2.79. The summed E-state index contributed by atoms with van der Waals surface area (Å²) in [5, 5.41) is 16.9. The van der Waals surface area contributed by atoms with Crippen molar-refractivity contribution in [2.24, 2.45) is 17.4 Å². The number of rotatable bonds is 15. The Balaban J connectivity index is 2.22. The zero-order valence-electron chi connectivity index (χ0n) is 21.3. The Labute approximate surface area is 220 Å². The van der Waals surface area contributed by atoms with Gasteiger partial charge < -0.3 is 37.5 Å². The molecule has 1 heterocycles. The van der Waals surface area contributed by atoms with Gasteiger partial charge in [-0.1, -0.05) is 50.6 Å². The van der Waals surface area contributed by atoms with Crippen LogP contribution in [0.4, 0.5) is 0 Å². The molecule has 0 saturated carbocycles. The highest BCUT2D eigenvalue weighted by Crippen LogP contribution is 2.09. The van der Waals surface area contributed by atoms with Gasteiger partial charge in [-0.3, -0.25) is 19.2 Å². The number of aromatic amines is 1. The van der Waals surface area contributed by atoms with E-state index >= 15 is 0 Å². The van der Waals surface area contributed by atoms with Gasteiger partial charge in [-0.05, 0) is 11.5 Å². The Morgan fingerprint density at radius 2 is 1.55 bits per heavy atom. The summed E-state index contributed by atoms with van der Waals surface area (Å²) in [6.45, 7) is 3.70. The van der Waals surface area contributed by atoms with Gasteiger partial charge in [0.15, 0.2) is 0 Å². The molecule has 206 valence electrons. The second kappa shape index (κ2) is 14.5. The lowest BCUT2D eigenvalue weighted by molar-refractivity contribution is -0.142. The standard InChI is InChI=1S/C25H35N7O6/c1-3-14(2)21(27)24(36)31-17(9-15-7-5-4-6-8-15)22(34)30-18(11-20(26)33)23(35)32-19(25(37)38)10-16-12-28-13-29-16/h4-8,12-14,17-19,21H,3,9-11,27H2,1-2H3,(H2,26,33)(H,28,29)(H,30,34)(H,31,36)(H,32,35)(H,37,38). The third kappa shape index (κ3) is 9.32. The van der Waals surface area contributed by atoms with Crippen LogP contribution in [0.2, 0.25) is 0 Å². The summed E-state index contributed by atoms with van der Waals surface area (Å²) < 4.78 is 0. The summed E-state index contributed by atoms with van der Waals surface area (Å²) in [5.41, 5.74) is 12.5. The Hall–Kier alpha value is -4.26. The maximum absolute atomic E-state index is 13.3.